The van der Waals surface area contributed by atoms with Crippen molar-refractivity contribution in [3.8, 4) is 0 Å². The second-order valence-corrected chi connectivity index (χ2v) is 8.32. The summed E-state index contributed by atoms with van der Waals surface area (Å²) >= 11 is 0. The molecule has 6 nitrogen and oxygen atoms in total. The molecule has 1 amide bonds. The number of nitrogens with zero attached hydrogens (tertiary/aromatic N) is 1. The molecule has 0 unspecified atom stereocenters. The van der Waals surface area contributed by atoms with Gasteiger partial charge in [-0.15, -0.1) is 0 Å². The van der Waals surface area contributed by atoms with Crippen LogP contribution in [-0.4, -0.2) is 46.9 Å². The lowest BCUT2D eigenvalue weighted by Crippen LogP contribution is -2.35. The zero-order valence-electron chi connectivity index (χ0n) is 15.8. The van der Waals surface area contributed by atoms with Crippen LogP contribution in [0.15, 0.2) is 47.4 Å². The zero-order valence-corrected chi connectivity index (χ0v) is 16.6. The smallest absolute Gasteiger partial charge is 0.251 e. The van der Waals surface area contributed by atoms with Crippen molar-refractivity contribution in [2.45, 2.75) is 17.9 Å². The second-order valence-electron chi connectivity index (χ2n) is 6.43. The van der Waals surface area contributed by atoms with E-state index in [1.165, 1.54) is 31.3 Å². The maximum absolute atomic E-state index is 13.5. The number of carbonyl (C=O) groups is 1. The molecule has 1 atom stereocenters. The lowest BCUT2D eigenvalue weighted by molar-refractivity contribution is 0.0941. The first-order valence-corrected chi connectivity index (χ1v) is 9.88. The van der Waals surface area contributed by atoms with Crippen LogP contribution in [0, 0.1) is 12.7 Å². The molecule has 0 heterocycles. The number of hydrogen-bond acceptors (Lipinski definition) is 4. The average molecular weight is 393 g/mol. The molecule has 0 radical (unpaired) electrons. The fourth-order valence-electron chi connectivity index (χ4n) is 2.73. The predicted octanol–water partition coefficient (Wildman–Crippen LogP) is 2.07. The van der Waals surface area contributed by atoms with E-state index in [0.29, 0.717) is 5.56 Å². The standard InChI is InChI=1S/C19H24FN3O3S/c1-13-8-9-16(27(25,26)21-2)11-17(13)19(24)22-12-18(23(3)4)14-6-5-7-15(20)10-14/h5-11,18,21H,12H2,1-4H3,(H,22,24)/t18-/m0/s1. The van der Waals surface area contributed by atoms with E-state index in [0.717, 1.165) is 5.56 Å². The molecule has 0 aliphatic carbocycles. The molecule has 146 valence electrons. The van der Waals surface area contributed by atoms with E-state index in [1.807, 2.05) is 19.0 Å². The van der Waals surface area contributed by atoms with E-state index in [4.69, 9.17) is 0 Å². The largest absolute Gasteiger partial charge is 0.350 e. The van der Waals surface area contributed by atoms with Gasteiger partial charge in [0.05, 0.1) is 10.9 Å². The minimum absolute atomic E-state index is 0.0232. The summed E-state index contributed by atoms with van der Waals surface area (Å²) in [5.74, 6) is -0.726. The number of rotatable bonds is 7. The van der Waals surface area contributed by atoms with E-state index in [2.05, 4.69) is 10.0 Å². The Morgan fingerprint density at radius 2 is 1.89 bits per heavy atom. The monoisotopic (exact) mass is 393 g/mol. The maximum Gasteiger partial charge on any atom is 0.251 e. The molecule has 8 heteroatoms. The molecule has 2 rings (SSSR count). The van der Waals surface area contributed by atoms with Gasteiger partial charge in [-0.3, -0.25) is 4.79 Å². The van der Waals surface area contributed by atoms with Gasteiger partial charge in [-0.25, -0.2) is 17.5 Å². The van der Waals surface area contributed by atoms with Crippen LogP contribution < -0.4 is 10.0 Å². The lowest BCUT2D eigenvalue weighted by atomic mass is 10.0. The zero-order chi connectivity index (χ0) is 20.2. The van der Waals surface area contributed by atoms with Crippen molar-refractivity contribution in [2.75, 3.05) is 27.7 Å². The van der Waals surface area contributed by atoms with Crippen LogP contribution in [0.1, 0.15) is 27.5 Å². The van der Waals surface area contributed by atoms with E-state index in [9.17, 15) is 17.6 Å². The third-order valence-corrected chi connectivity index (χ3v) is 5.76. The molecule has 0 aliphatic heterocycles. The first kappa shape index (κ1) is 21.0. The van der Waals surface area contributed by atoms with Crippen LogP contribution in [0.25, 0.3) is 0 Å². The van der Waals surface area contributed by atoms with E-state index < -0.39 is 10.0 Å². The molecule has 0 fully saturated rings. The predicted molar refractivity (Wildman–Crippen MR) is 103 cm³/mol. The Kier molecular flexibility index (Phi) is 6.69. The number of sulfonamides is 1. The summed E-state index contributed by atoms with van der Waals surface area (Å²) in [6.07, 6.45) is 0. The van der Waals surface area contributed by atoms with Crippen molar-refractivity contribution in [1.82, 2.24) is 14.9 Å². The fourth-order valence-corrected chi connectivity index (χ4v) is 3.48. The number of benzene rings is 2. The number of nitrogens with one attached hydrogen (secondary N) is 2. The Bertz CT molecular complexity index is 930. The first-order valence-electron chi connectivity index (χ1n) is 8.40. The number of carbonyl (C=O) groups excluding carboxylic acids is 1. The van der Waals surface area contributed by atoms with Crippen molar-refractivity contribution >= 4 is 15.9 Å². The molecule has 0 aliphatic rings. The van der Waals surface area contributed by atoms with Crippen LogP contribution in [0.2, 0.25) is 0 Å². The van der Waals surface area contributed by atoms with E-state index in [-0.39, 0.29) is 34.8 Å². The van der Waals surface area contributed by atoms with Crippen LogP contribution >= 0.6 is 0 Å². The quantitative estimate of drug-likeness (QED) is 0.755. The molecule has 2 aromatic rings. The highest BCUT2D eigenvalue weighted by Gasteiger charge is 2.19. The molecule has 0 saturated heterocycles. The molecule has 0 bridgehead atoms. The lowest BCUT2D eigenvalue weighted by Gasteiger charge is -2.25. The third-order valence-electron chi connectivity index (χ3n) is 4.35. The topological polar surface area (TPSA) is 78.5 Å². The van der Waals surface area contributed by atoms with Crippen molar-refractivity contribution < 1.29 is 17.6 Å². The van der Waals surface area contributed by atoms with Gasteiger partial charge in [0.15, 0.2) is 0 Å². The van der Waals surface area contributed by atoms with Crippen molar-refractivity contribution in [1.29, 1.82) is 0 Å². The van der Waals surface area contributed by atoms with Gasteiger partial charge < -0.3 is 10.2 Å². The Hall–Kier alpha value is -2.29. The summed E-state index contributed by atoms with van der Waals surface area (Å²) in [7, 11) is 1.35. The average Bonchev–Trinajstić information content (AvgIpc) is 2.61. The molecule has 0 aromatic heterocycles. The van der Waals surface area contributed by atoms with Crippen molar-refractivity contribution in [3.05, 3.63) is 65.0 Å². The molecular formula is C19H24FN3O3S. The Morgan fingerprint density at radius 3 is 2.48 bits per heavy atom. The SMILES string of the molecule is CNS(=O)(=O)c1ccc(C)c(C(=O)NC[C@@H](c2cccc(F)c2)N(C)C)c1. The highest BCUT2D eigenvalue weighted by Crippen LogP contribution is 2.19. The van der Waals surface area contributed by atoms with Crippen molar-refractivity contribution in [2.24, 2.45) is 0 Å². The van der Waals surface area contributed by atoms with Crippen LogP contribution in [-0.2, 0) is 10.0 Å². The van der Waals surface area contributed by atoms with E-state index >= 15 is 0 Å². The summed E-state index contributed by atoms with van der Waals surface area (Å²) < 4.78 is 39.7. The fraction of sp³-hybridized carbons (Fsp3) is 0.316. The van der Waals surface area contributed by atoms with Crippen LogP contribution in [0.5, 0.6) is 0 Å². The number of likely N-dealkylation sites (N-methyl/N-ethyl adjacent to an activating group) is 1. The third kappa shape index (κ3) is 5.12. The van der Waals surface area contributed by atoms with Crippen molar-refractivity contribution in [3.63, 3.8) is 0 Å². The van der Waals surface area contributed by atoms with Gasteiger partial charge in [0.25, 0.3) is 5.91 Å². The maximum atomic E-state index is 13.5. The number of hydrogen-bond donors (Lipinski definition) is 2. The summed E-state index contributed by atoms with van der Waals surface area (Å²) in [5.41, 5.74) is 1.68. The number of halogens is 1. The van der Waals surface area contributed by atoms with Crippen LogP contribution in [0.4, 0.5) is 4.39 Å². The molecule has 2 aromatic carbocycles. The van der Waals surface area contributed by atoms with Gasteiger partial charge in [-0.1, -0.05) is 18.2 Å². The minimum Gasteiger partial charge on any atom is -0.350 e. The van der Waals surface area contributed by atoms with Gasteiger partial charge in [0.1, 0.15) is 5.82 Å². The highest BCUT2D eigenvalue weighted by atomic mass is 32.2. The first-order chi connectivity index (χ1) is 12.7. The summed E-state index contributed by atoms with van der Waals surface area (Å²) in [6.45, 7) is 1.98. The molecule has 27 heavy (non-hydrogen) atoms. The van der Waals surface area contributed by atoms with E-state index in [1.54, 1.807) is 25.1 Å². The highest BCUT2D eigenvalue weighted by molar-refractivity contribution is 7.89. The Balaban J connectivity index is 2.22. The Morgan fingerprint density at radius 1 is 1.19 bits per heavy atom. The van der Waals surface area contributed by atoms with Gasteiger partial charge >= 0.3 is 0 Å². The van der Waals surface area contributed by atoms with Gasteiger partial charge in [-0.05, 0) is 63.5 Å². The second kappa shape index (κ2) is 8.60. The summed E-state index contributed by atoms with van der Waals surface area (Å²) in [5, 5.41) is 2.82. The molecule has 2 N–H and O–H groups in total. The van der Waals surface area contributed by atoms with Crippen LogP contribution in [0.3, 0.4) is 0 Å². The van der Waals surface area contributed by atoms with Gasteiger partial charge in [-0.2, -0.15) is 0 Å². The molecule has 0 spiro atoms. The summed E-state index contributed by atoms with van der Waals surface area (Å²) in [4.78, 5) is 14.5. The van der Waals surface area contributed by atoms with Gasteiger partial charge in [0.2, 0.25) is 10.0 Å². The number of aryl methyl sites for hydroxylation is 1. The summed E-state index contributed by atoms with van der Waals surface area (Å²) in [6, 6.07) is 10.4. The van der Waals surface area contributed by atoms with Gasteiger partial charge in [0, 0.05) is 12.1 Å². The normalized spacial score (nSPS) is 12.8. The Labute approximate surface area is 159 Å². The minimum atomic E-state index is -3.64. The molecule has 0 saturated carbocycles. The molecular weight excluding hydrogens is 369 g/mol. The number of amides is 1.